The van der Waals surface area contributed by atoms with Gasteiger partial charge in [-0.05, 0) is 31.4 Å². The number of aromatic nitrogens is 2. The van der Waals surface area contributed by atoms with Crippen LogP contribution >= 0.6 is 0 Å². The molecule has 0 radical (unpaired) electrons. The molecule has 5 nitrogen and oxygen atoms in total. The zero-order valence-electron chi connectivity index (χ0n) is 11.4. The van der Waals surface area contributed by atoms with Crippen molar-refractivity contribution >= 4 is 29.6 Å². The van der Waals surface area contributed by atoms with Gasteiger partial charge in [-0.1, -0.05) is 0 Å². The molecule has 1 heterocycles. The molecule has 1 aromatic heterocycles. The van der Waals surface area contributed by atoms with E-state index in [1.165, 1.54) is 0 Å². The maximum atomic E-state index is 14.0. The lowest BCUT2D eigenvalue weighted by molar-refractivity contribution is 0.425. The monoisotopic (exact) mass is 265 g/mol. The summed E-state index contributed by atoms with van der Waals surface area (Å²) >= 11 is 0. The van der Waals surface area contributed by atoms with Crippen LogP contribution in [0.15, 0.2) is 12.1 Å². The van der Waals surface area contributed by atoms with Gasteiger partial charge in [0, 0.05) is 20.1 Å². The van der Waals surface area contributed by atoms with Crippen LogP contribution in [-0.4, -0.2) is 40.8 Å². The molecule has 0 atom stereocenters. The largest absolute Gasteiger partial charge is 0.488 e. The van der Waals surface area contributed by atoms with E-state index in [-0.39, 0.29) is 17.0 Å². The highest BCUT2D eigenvalue weighted by Gasteiger charge is 2.21. The molecule has 0 saturated carbocycles. The minimum Gasteiger partial charge on any atom is -0.423 e. The summed E-state index contributed by atoms with van der Waals surface area (Å²) in [4.78, 5) is 6.08. The number of imidazole rings is 1. The molecular weight excluding hydrogens is 248 g/mol. The average molecular weight is 265 g/mol. The molecule has 0 unspecified atom stereocenters. The third-order valence-corrected chi connectivity index (χ3v) is 2.97. The molecule has 0 aliphatic heterocycles. The predicted octanol–water partition coefficient (Wildman–Crippen LogP) is 0.502. The Hall–Kier alpha value is -1.60. The van der Waals surface area contributed by atoms with Crippen LogP contribution in [0.25, 0.3) is 11.0 Å². The Balaban J connectivity index is 2.81. The normalized spacial score (nSPS) is 11.4. The number of rotatable bonds is 3. The van der Waals surface area contributed by atoms with Crippen molar-refractivity contribution in [1.29, 1.82) is 0 Å². The number of benzene rings is 1. The van der Waals surface area contributed by atoms with Crippen LogP contribution in [0.3, 0.4) is 0 Å². The van der Waals surface area contributed by atoms with Crippen LogP contribution in [-0.2, 0) is 0 Å². The third-order valence-electron chi connectivity index (χ3n) is 2.97. The summed E-state index contributed by atoms with van der Waals surface area (Å²) in [5.41, 5.74) is 0.917. The quantitative estimate of drug-likeness (QED) is 0.793. The molecule has 7 heteroatoms. The number of anilines is 1. The van der Waals surface area contributed by atoms with Crippen molar-refractivity contribution in [2.75, 3.05) is 19.0 Å². The Morgan fingerprint density at radius 2 is 1.95 bits per heavy atom. The molecule has 2 aromatic rings. The lowest BCUT2D eigenvalue weighted by Gasteiger charge is -2.18. The van der Waals surface area contributed by atoms with Crippen molar-refractivity contribution in [2.45, 2.75) is 19.9 Å². The van der Waals surface area contributed by atoms with Crippen LogP contribution < -0.4 is 10.4 Å². The molecule has 1 aromatic carbocycles. The van der Waals surface area contributed by atoms with Crippen molar-refractivity contribution in [3.63, 3.8) is 0 Å². The van der Waals surface area contributed by atoms with Crippen molar-refractivity contribution in [3.05, 3.63) is 17.9 Å². The zero-order valence-corrected chi connectivity index (χ0v) is 11.4. The Labute approximate surface area is 111 Å². The van der Waals surface area contributed by atoms with E-state index in [1.807, 2.05) is 32.5 Å². The van der Waals surface area contributed by atoms with Crippen LogP contribution in [0.1, 0.15) is 19.9 Å². The van der Waals surface area contributed by atoms with Gasteiger partial charge in [0.1, 0.15) is 5.52 Å². The van der Waals surface area contributed by atoms with Gasteiger partial charge in [0.05, 0.1) is 5.52 Å². The van der Waals surface area contributed by atoms with Crippen molar-refractivity contribution in [1.82, 2.24) is 9.55 Å². The van der Waals surface area contributed by atoms with E-state index in [1.54, 1.807) is 11.0 Å². The van der Waals surface area contributed by atoms with E-state index < -0.39 is 12.9 Å². The fourth-order valence-electron chi connectivity index (χ4n) is 2.13. The molecule has 0 saturated heterocycles. The van der Waals surface area contributed by atoms with Crippen LogP contribution in [0.2, 0.25) is 0 Å². The Morgan fingerprint density at radius 1 is 1.32 bits per heavy atom. The second kappa shape index (κ2) is 4.83. The number of hydrogen-bond acceptors (Lipinski definition) is 4. The van der Waals surface area contributed by atoms with E-state index in [4.69, 9.17) is 0 Å². The molecule has 0 amide bonds. The summed E-state index contributed by atoms with van der Waals surface area (Å²) in [5.74, 6) is 0.0802. The summed E-state index contributed by atoms with van der Waals surface area (Å²) in [6.45, 7) is 3.93. The number of nitrogens with zero attached hydrogens (tertiary/aromatic N) is 3. The average Bonchev–Trinajstić information content (AvgIpc) is 2.68. The minimum atomic E-state index is -1.70. The topological polar surface area (TPSA) is 61.5 Å². The van der Waals surface area contributed by atoms with Gasteiger partial charge in [0.2, 0.25) is 5.95 Å². The van der Waals surface area contributed by atoms with E-state index in [2.05, 4.69) is 4.98 Å². The highest BCUT2D eigenvalue weighted by atomic mass is 19.1. The fourth-order valence-corrected chi connectivity index (χ4v) is 2.13. The smallest absolute Gasteiger partial charge is 0.423 e. The Bertz CT molecular complexity index is 611. The molecule has 102 valence electrons. The lowest BCUT2D eigenvalue weighted by atomic mass is 9.80. The predicted molar refractivity (Wildman–Crippen MR) is 74.2 cm³/mol. The van der Waals surface area contributed by atoms with Crippen LogP contribution in [0.5, 0.6) is 0 Å². The van der Waals surface area contributed by atoms with Gasteiger partial charge in [-0.2, -0.15) is 0 Å². The maximum absolute atomic E-state index is 14.0. The molecule has 0 spiro atoms. The number of halogens is 1. The van der Waals surface area contributed by atoms with Gasteiger partial charge < -0.3 is 19.5 Å². The highest BCUT2D eigenvalue weighted by Crippen LogP contribution is 2.26. The molecule has 0 fully saturated rings. The molecule has 2 rings (SSSR count). The van der Waals surface area contributed by atoms with E-state index in [9.17, 15) is 14.4 Å². The molecular formula is C12H17BFN3O2. The van der Waals surface area contributed by atoms with Crippen LogP contribution in [0.4, 0.5) is 10.3 Å². The van der Waals surface area contributed by atoms with E-state index >= 15 is 0 Å². The standard InChI is InChI=1S/C12H17BFN3O2/c1-7(2)17-10-6-8(13(18)19)5-9(14)11(10)15-12(17)16(3)4/h5-7,18-19H,1-4H3. The van der Waals surface area contributed by atoms with Gasteiger partial charge in [0.25, 0.3) is 0 Å². The van der Waals surface area contributed by atoms with Gasteiger partial charge in [-0.25, -0.2) is 9.37 Å². The second-order valence-electron chi connectivity index (χ2n) is 5.01. The van der Waals surface area contributed by atoms with Gasteiger partial charge >= 0.3 is 7.12 Å². The maximum Gasteiger partial charge on any atom is 0.488 e. The first-order valence-electron chi connectivity index (χ1n) is 6.07. The second-order valence-corrected chi connectivity index (χ2v) is 5.01. The van der Waals surface area contributed by atoms with Crippen LogP contribution in [0, 0.1) is 5.82 Å². The van der Waals surface area contributed by atoms with Gasteiger partial charge in [0.15, 0.2) is 5.82 Å². The first-order chi connectivity index (χ1) is 8.82. The van der Waals surface area contributed by atoms with Crippen molar-refractivity contribution in [2.24, 2.45) is 0 Å². The molecule has 19 heavy (non-hydrogen) atoms. The molecule has 2 N–H and O–H groups in total. The summed E-state index contributed by atoms with van der Waals surface area (Å²) in [7, 11) is 1.97. The molecule has 0 aliphatic rings. The Morgan fingerprint density at radius 3 is 2.42 bits per heavy atom. The lowest BCUT2D eigenvalue weighted by Crippen LogP contribution is -2.30. The zero-order chi connectivity index (χ0) is 14.3. The first-order valence-corrected chi connectivity index (χ1v) is 6.07. The fraction of sp³-hybridized carbons (Fsp3) is 0.417. The number of fused-ring (bicyclic) bond motifs is 1. The minimum absolute atomic E-state index is 0.0767. The third kappa shape index (κ3) is 2.31. The Kier molecular flexibility index (Phi) is 3.51. The summed E-state index contributed by atoms with van der Waals surface area (Å²) in [6.07, 6.45) is 0. The van der Waals surface area contributed by atoms with Gasteiger partial charge in [-0.15, -0.1) is 0 Å². The first kappa shape index (κ1) is 13.8. The van der Waals surface area contributed by atoms with Gasteiger partial charge in [-0.3, -0.25) is 0 Å². The molecule has 0 bridgehead atoms. The summed E-state index contributed by atoms with van der Waals surface area (Å²) < 4.78 is 15.9. The van der Waals surface area contributed by atoms with Crippen molar-refractivity contribution in [3.8, 4) is 0 Å². The number of hydrogen-bond donors (Lipinski definition) is 2. The van der Waals surface area contributed by atoms with E-state index in [0.29, 0.717) is 11.5 Å². The SMILES string of the molecule is CC(C)n1c(N(C)C)nc2c(F)cc(B(O)O)cc21. The molecule has 0 aliphatic carbocycles. The van der Waals surface area contributed by atoms with Crippen molar-refractivity contribution < 1.29 is 14.4 Å². The highest BCUT2D eigenvalue weighted by molar-refractivity contribution is 6.58. The summed E-state index contributed by atoms with van der Waals surface area (Å²) in [6, 6.07) is 2.74. The summed E-state index contributed by atoms with van der Waals surface area (Å²) in [5, 5.41) is 18.4. The van der Waals surface area contributed by atoms with E-state index in [0.717, 1.165) is 6.07 Å².